The molecule has 70 valence electrons. The minimum Gasteiger partial charge on any atom is -0.398 e. The first-order valence-electron chi connectivity index (χ1n) is 4.56. The monoisotopic (exact) mass is 184 g/mol. The summed E-state index contributed by atoms with van der Waals surface area (Å²) in [5.74, 6) is 5.97. The SMILES string of the molecule is CCCC#Cc1cc(C#N)ccc1N. The van der Waals surface area contributed by atoms with E-state index in [1.165, 1.54) is 0 Å². The van der Waals surface area contributed by atoms with E-state index in [4.69, 9.17) is 11.0 Å². The van der Waals surface area contributed by atoms with Crippen LogP contribution in [0, 0.1) is 23.2 Å². The van der Waals surface area contributed by atoms with Crippen LogP contribution in [0.4, 0.5) is 5.69 Å². The summed E-state index contributed by atoms with van der Waals surface area (Å²) in [5.41, 5.74) is 7.69. The number of nitriles is 1. The van der Waals surface area contributed by atoms with Crippen molar-refractivity contribution < 1.29 is 0 Å². The van der Waals surface area contributed by atoms with Crippen molar-refractivity contribution in [1.29, 1.82) is 5.26 Å². The van der Waals surface area contributed by atoms with Gasteiger partial charge in [0.15, 0.2) is 0 Å². The fourth-order valence-electron chi connectivity index (χ4n) is 1.02. The van der Waals surface area contributed by atoms with Crippen LogP contribution in [0.15, 0.2) is 18.2 Å². The lowest BCUT2D eigenvalue weighted by Gasteiger charge is -1.97. The van der Waals surface area contributed by atoms with Crippen LogP contribution in [0.2, 0.25) is 0 Å². The van der Waals surface area contributed by atoms with Crippen molar-refractivity contribution in [3.63, 3.8) is 0 Å². The molecule has 0 amide bonds. The molecule has 0 fully saturated rings. The highest BCUT2D eigenvalue weighted by molar-refractivity contribution is 5.58. The van der Waals surface area contributed by atoms with E-state index in [0.717, 1.165) is 18.4 Å². The van der Waals surface area contributed by atoms with E-state index in [9.17, 15) is 0 Å². The zero-order chi connectivity index (χ0) is 10.4. The Bertz CT molecular complexity index is 416. The molecule has 0 unspecified atom stereocenters. The molecular formula is C12H12N2. The normalized spacial score (nSPS) is 8.57. The molecule has 0 saturated carbocycles. The lowest BCUT2D eigenvalue weighted by molar-refractivity contribution is 0.983. The third-order valence-electron chi connectivity index (χ3n) is 1.78. The Morgan fingerprint density at radius 2 is 2.21 bits per heavy atom. The van der Waals surface area contributed by atoms with Gasteiger partial charge in [-0.05, 0) is 24.6 Å². The quantitative estimate of drug-likeness (QED) is 0.537. The highest BCUT2D eigenvalue weighted by Crippen LogP contribution is 2.12. The largest absolute Gasteiger partial charge is 0.398 e. The van der Waals surface area contributed by atoms with Gasteiger partial charge in [-0.15, -0.1) is 0 Å². The van der Waals surface area contributed by atoms with E-state index in [2.05, 4.69) is 24.8 Å². The van der Waals surface area contributed by atoms with Gasteiger partial charge in [0.25, 0.3) is 0 Å². The van der Waals surface area contributed by atoms with E-state index < -0.39 is 0 Å². The van der Waals surface area contributed by atoms with E-state index in [1.807, 2.05) is 0 Å². The minimum atomic E-state index is 0.597. The maximum absolute atomic E-state index is 8.69. The molecule has 0 saturated heterocycles. The van der Waals surface area contributed by atoms with Crippen LogP contribution in [0.3, 0.4) is 0 Å². The summed E-state index contributed by atoms with van der Waals surface area (Å²) < 4.78 is 0. The Kier molecular flexibility index (Phi) is 3.58. The predicted molar refractivity (Wildman–Crippen MR) is 57.4 cm³/mol. The smallest absolute Gasteiger partial charge is 0.0992 e. The Morgan fingerprint density at radius 3 is 2.86 bits per heavy atom. The van der Waals surface area contributed by atoms with E-state index in [1.54, 1.807) is 18.2 Å². The van der Waals surface area contributed by atoms with Gasteiger partial charge >= 0.3 is 0 Å². The third-order valence-corrected chi connectivity index (χ3v) is 1.78. The molecule has 0 aliphatic rings. The van der Waals surface area contributed by atoms with Gasteiger partial charge in [0.2, 0.25) is 0 Å². The zero-order valence-corrected chi connectivity index (χ0v) is 8.17. The molecule has 0 aromatic heterocycles. The topological polar surface area (TPSA) is 49.8 Å². The number of nitrogens with two attached hydrogens (primary N) is 1. The third kappa shape index (κ3) is 2.54. The molecule has 14 heavy (non-hydrogen) atoms. The number of unbranched alkanes of at least 4 members (excludes halogenated alkanes) is 1. The van der Waals surface area contributed by atoms with E-state index >= 15 is 0 Å². The van der Waals surface area contributed by atoms with E-state index in [0.29, 0.717) is 11.3 Å². The average molecular weight is 184 g/mol. The number of nitrogens with zero attached hydrogens (tertiary/aromatic N) is 1. The molecule has 1 rings (SSSR count). The van der Waals surface area contributed by atoms with Crippen molar-refractivity contribution in [1.82, 2.24) is 0 Å². The molecular weight excluding hydrogens is 172 g/mol. The summed E-state index contributed by atoms with van der Waals surface area (Å²) in [5, 5.41) is 8.69. The van der Waals surface area contributed by atoms with Crippen molar-refractivity contribution in [3.8, 4) is 17.9 Å². The van der Waals surface area contributed by atoms with Crippen molar-refractivity contribution in [2.45, 2.75) is 19.8 Å². The summed E-state index contributed by atoms with van der Waals surface area (Å²) in [4.78, 5) is 0. The number of hydrogen-bond acceptors (Lipinski definition) is 2. The maximum atomic E-state index is 8.69. The molecule has 0 spiro atoms. The first-order chi connectivity index (χ1) is 6.77. The molecule has 1 aromatic carbocycles. The number of rotatable bonds is 1. The predicted octanol–water partition coefficient (Wildman–Crippen LogP) is 2.29. The summed E-state index contributed by atoms with van der Waals surface area (Å²) in [7, 11) is 0. The Morgan fingerprint density at radius 1 is 1.43 bits per heavy atom. The summed E-state index contributed by atoms with van der Waals surface area (Å²) in [6, 6.07) is 7.19. The van der Waals surface area contributed by atoms with E-state index in [-0.39, 0.29) is 0 Å². The van der Waals surface area contributed by atoms with Crippen LogP contribution in [0.5, 0.6) is 0 Å². The first-order valence-corrected chi connectivity index (χ1v) is 4.56. The summed E-state index contributed by atoms with van der Waals surface area (Å²) in [6.45, 7) is 2.07. The highest BCUT2D eigenvalue weighted by atomic mass is 14.5. The fourth-order valence-corrected chi connectivity index (χ4v) is 1.02. The van der Waals surface area contributed by atoms with Crippen LogP contribution in [-0.2, 0) is 0 Å². The Labute approximate surface area is 84.4 Å². The molecule has 2 N–H and O–H groups in total. The van der Waals surface area contributed by atoms with Gasteiger partial charge < -0.3 is 5.73 Å². The van der Waals surface area contributed by atoms with Gasteiger partial charge in [0.05, 0.1) is 11.6 Å². The molecule has 1 aromatic rings. The van der Waals surface area contributed by atoms with Crippen molar-refractivity contribution in [3.05, 3.63) is 29.3 Å². The molecule has 0 aliphatic carbocycles. The molecule has 0 heterocycles. The number of anilines is 1. The van der Waals surface area contributed by atoms with Gasteiger partial charge in [-0.3, -0.25) is 0 Å². The van der Waals surface area contributed by atoms with Crippen molar-refractivity contribution in [2.24, 2.45) is 0 Å². The lowest BCUT2D eigenvalue weighted by atomic mass is 10.1. The fraction of sp³-hybridized carbons (Fsp3) is 0.250. The second-order valence-corrected chi connectivity index (χ2v) is 2.97. The molecule has 2 heteroatoms. The molecule has 0 bridgehead atoms. The number of benzene rings is 1. The van der Waals surface area contributed by atoms with Gasteiger partial charge in [0, 0.05) is 17.7 Å². The van der Waals surface area contributed by atoms with Crippen LogP contribution in [0.1, 0.15) is 30.9 Å². The van der Waals surface area contributed by atoms with Crippen LogP contribution in [0.25, 0.3) is 0 Å². The van der Waals surface area contributed by atoms with Gasteiger partial charge in [-0.1, -0.05) is 18.8 Å². The van der Waals surface area contributed by atoms with Crippen LogP contribution < -0.4 is 5.73 Å². The highest BCUT2D eigenvalue weighted by Gasteiger charge is 1.96. The second-order valence-electron chi connectivity index (χ2n) is 2.97. The molecule has 0 aliphatic heterocycles. The lowest BCUT2D eigenvalue weighted by Crippen LogP contribution is -1.90. The number of nitrogen functional groups attached to an aromatic ring is 1. The number of hydrogen-bond donors (Lipinski definition) is 1. The van der Waals surface area contributed by atoms with Gasteiger partial charge in [-0.25, -0.2) is 0 Å². The van der Waals surface area contributed by atoms with Crippen molar-refractivity contribution in [2.75, 3.05) is 5.73 Å². The van der Waals surface area contributed by atoms with Gasteiger partial charge in [0.1, 0.15) is 0 Å². The zero-order valence-electron chi connectivity index (χ0n) is 8.17. The second kappa shape index (κ2) is 4.94. The van der Waals surface area contributed by atoms with Gasteiger partial charge in [-0.2, -0.15) is 5.26 Å². The first kappa shape index (κ1) is 10.2. The molecule has 0 atom stereocenters. The summed E-state index contributed by atoms with van der Waals surface area (Å²) >= 11 is 0. The summed E-state index contributed by atoms with van der Waals surface area (Å²) in [6.07, 6.45) is 1.89. The van der Waals surface area contributed by atoms with Crippen LogP contribution in [-0.4, -0.2) is 0 Å². The standard InChI is InChI=1S/C12H12N2/c1-2-3-4-5-11-8-10(9-13)6-7-12(11)14/h6-8H,2-3,14H2,1H3. The Balaban J connectivity index is 2.98. The minimum absolute atomic E-state index is 0.597. The average Bonchev–Trinajstić information content (AvgIpc) is 2.21. The van der Waals surface area contributed by atoms with Crippen molar-refractivity contribution >= 4 is 5.69 Å². The van der Waals surface area contributed by atoms with Crippen LogP contribution >= 0.6 is 0 Å². The Hall–Kier alpha value is -1.93. The molecule has 0 radical (unpaired) electrons. The molecule has 2 nitrogen and oxygen atoms in total. The maximum Gasteiger partial charge on any atom is 0.0992 e.